The number of halogens is 1. The quantitative estimate of drug-likeness (QED) is 0.516. The fraction of sp³-hybridized carbons (Fsp3) is 0.708. The van der Waals surface area contributed by atoms with Crippen molar-refractivity contribution in [2.75, 3.05) is 6.61 Å². The normalized spacial score (nSPS) is 32.3. The number of fused-ring (bicyclic) bond motifs is 1. The number of hydrogen-bond acceptors (Lipinski definition) is 3. The van der Waals surface area contributed by atoms with Crippen LogP contribution in [0.15, 0.2) is 12.1 Å². The summed E-state index contributed by atoms with van der Waals surface area (Å²) in [5.74, 6) is 2.28. The first-order valence-corrected chi connectivity index (χ1v) is 12.2. The van der Waals surface area contributed by atoms with Gasteiger partial charge < -0.3 is 14.8 Å². The van der Waals surface area contributed by atoms with Gasteiger partial charge in [-0.25, -0.2) is 4.79 Å². The van der Waals surface area contributed by atoms with E-state index >= 15 is 0 Å². The van der Waals surface area contributed by atoms with Crippen LogP contribution in [-0.2, 0) is 17.6 Å². The van der Waals surface area contributed by atoms with E-state index < -0.39 is 0 Å². The molecule has 0 radical (unpaired) electrons. The van der Waals surface area contributed by atoms with E-state index in [-0.39, 0.29) is 11.6 Å². The Balaban J connectivity index is 1.42. The smallest absolute Gasteiger partial charge is 0.407 e. The molecule has 2 fully saturated rings. The fourth-order valence-electron chi connectivity index (χ4n) is 5.39. The van der Waals surface area contributed by atoms with Crippen molar-refractivity contribution in [1.82, 2.24) is 5.32 Å². The van der Waals surface area contributed by atoms with Gasteiger partial charge in [0.25, 0.3) is 0 Å². The highest BCUT2D eigenvalue weighted by Gasteiger charge is 2.43. The molecule has 1 saturated carbocycles. The number of carbonyl (C=O) groups is 1. The molecule has 3 aliphatic rings. The summed E-state index contributed by atoms with van der Waals surface area (Å²) in [5, 5.41) is 3.04. The number of hydrogen-bond donors (Lipinski definition) is 1. The molecule has 0 unspecified atom stereocenters. The van der Waals surface area contributed by atoms with Crippen molar-refractivity contribution in [3.63, 3.8) is 0 Å². The minimum atomic E-state index is -0.280. The van der Waals surface area contributed by atoms with Gasteiger partial charge in [-0.15, -0.1) is 0 Å². The third kappa shape index (κ3) is 4.40. The van der Waals surface area contributed by atoms with Gasteiger partial charge in [0.1, 0.15) is 12.4 Å². The highest BCUT2D eigenvalue weighted by Crippen LogP contribution is 2.41. The molecule has 1 N–H and O–H groups in total. The van der Waals surface area contributed by atoms with Crippen molar-refractivity contribution >= 4 is 28.7 Å². The molecule has 2 aliphatic carbocycles. The van der Waals surface area contributed by atoms with Crippen LogP contribution >= 0.6 is 22.6 Å². The van der Waals surface area contributed by atoms with E-state index in [1.165, 1.54) is 27.5 Å². The predicted octanol–water partition coefficient (Wildman–Crippen LogP) is 5.88. The molecule has 1 aromatic carbocycles. The summed E-state index contributed by atoms with van der Waals surface area (Å²) in [6.07, 6.45) is 8.03. The van der Waals surface area contributed by atoms with Gasteiger partial charge in [-0.1, -0.05) is 26.8 Å². The molecule has 160 valence electrons. The molecule has 29 heavy (non-hydrogen) atoms. The van der Waals surface area contributed by atoms with Crippen molar-refractivity contribution in [1.29, 1.82) is 0 Å². The average Bonchev–Trinajstić information content (AvgIpc) is 3.03. The molecule has 1 heterocycles. The van der Waals surface area contributed by atoms with Gasteiger partial charge in [0, 0.05) is 0 Å². The maximum atomic E-state index is 11.6. The van der Waals surface area contributed by atoms with E-state index in [2.05, 4.69) is 67.7 Å². The van der Waals surface area contributed by atoms with Crippen molar-refractivity contribution in [2.24, 2.45) is 17.3 Å². The Labute approximate surface area is 188 Å². The second kappa shape index (κ2) is 7.93. The van der Waals surface area contributed by atoms with Gasteiger partial charge in [-0.2, -0.15) is 0 Å². The summed E-state index contributed by atoms with van der Waals surface area (Å²) in [7, 11) is 0. The van der Waals surface area contributed by atoms with Gasteiger partial charge in [0.15, 0.2) is 0 Å². The van der Waals surface area contributed by atoms with Crippen molar-refractivity contribution in [3.05, 3.63) is 26.8 Å². The van der Waals surface area contributed by atoms with Crippen molar-refractivity contribution in [3.8, 4) is 5.75 Å². The van der Waals surface area contributed by atoms with E-state index in [9.17, 15) is 4.79 Å². The van der Waals surface area contributed by atoms with Crippen LogP contribution in [0.25, 0.3) is 0 Å². The first-order valence-electron chi connectivity index (χ1n) is 11.1. The van der Waals surface area contributed by atoms with Crippen LogP contribution in [0.1, 0.15) is 70.9 Å². The van der Waals surface area contributed by atoms with E-state index in [0.29, 0.717) is 24.0 Å². The molecule has 4 rings (SSSR count). The van der Waals surface area contributed by atoms with Gasteiger partial charge in [0.2, 0.25) is 0 Å². The maximum Gasteiger partial charge on any atom is 0.407 e. The lowest BCUT2D eigenvalue weighted by molar-refractivity contribution is 0.0875. The van der Waals surface area contributed by atoms with E-state index in [4.69, 9.17) is 9.47 Å². The SMILES string of the molecule is CC(C)(C)[C@H]1CC[C@H](Oc2ccc3c(c2I)CC[C@H]([C@]2(C)COC(=O)N2)C3)CC1. The van der Waals surface area contributed by atoms with Gasteiger partial charge >= 0.3 is 6.09 Å². The number of ether oxygens (including phenoxy) is 2. The molecule has 0 spiro atoms. The van der Waals surface area contributed by atoms with Crippen LogP contribution in [0, 0.1) is 20.8 Å². The molecule has 1 amide bonds. The third-order valence-electron chi connectivity index (χ3n) is 7.50. The summed E-state index contributed by atoms with van der Waals surface area (Å²) in [6.45, 7) is 9.68. The van der Waals surface area contributed by atoms with Crippen LogP contribution in [0.3, 0.4) is 0 Å². The second-order valence-corrected chi connectivity index (χ2v) is 11.6. The van der Waals surface area contributed by atoms with Crippen LogP contribution in [0.2, 0.25) is 0 Å². The second-order valence-electron chi connectivity index (χ2n) is 10.5. The lowest BCUT2D eigenvalue weighted by Gasteiger charge is -2.37. The van der Waals surface area contributed by atoms with Gasteiger partial charge in [-0.3, -0.25) is 0 Å². The monoisotopic (exact) mass is 511 g/mol. The third-order valence-corrected chi connectivity index (χ3v) is 8.68. The Bertz CT molecular complexity index is 779. The van der Waals surface area contributed by atoms with Crippen molar-refractivity contribution in [2.45, 2.75) is 84.3 Å². The van der Waals surface area contributed by atoms with Crippen molar-refractivity contribution < 1.29 is 14.3 Å². The summed E-state index contributed by atoms with van der Waals surface area (Å²) in [6, 6.07) is 4.42. The minimum Gasteiger partial charge on any atom is -0.489 e. The molecule has 1 aliphatic heterocycles. The molecule has 4 nitrogen and oxygen atoms in total. The Hall–Kier alpha value is -0.980. The molecule has 1 saturated heterocycles. The van der Waals surface area contributed by atoms with Crippen LogP contribution in [0.4, 0.5) is 4.79 Å². The van der Waals surface area contributed by atoms with Gasteiger partial charge in [0.05, 0.1) is 15.2 Å². The minimum absolute atomic E-state index is 0.249. The predicted molar refractivity (Wildman–Crippen MR) is 123 cm³/mol. The molecule has 5 heteroatoms. The molecule has 2 atom stereocenters. The van der Waals surface area contributed by atoms with E-state index in [1.54, 1.807) is 0 Å². The lowest BCUT2D eigenvalue weighted by Crippen LogP contribution is -2.49. The number of carbonyl (C=O) groups excluding carboxylic acids is 1. The Morgan fingerprint density at radius 2 is 1.90 bits per heavy atom. The van der Waals surface area contributed by atoms with Crippen LogP contribution in [0.5, 0.6) is 5.75 Å². The highest BCUT2D eigenvalue weighted by molar-refractivity contribution is 14.1. The zero-order valence-electron chi connectivity index (χ0n) is 18.1. The highest BCUT2D eigenvalue weighted by atomic mass is 127. The summed E-state index contributed by atoms with van der Waals surface area (Å²) in [5.41, 5.74) is 3.00. The molecular weight excluding hydrogens is 477 g/mol. The number of amides is 1. The summed E-state index contributed by atoms with van der Waals surface area (Å²) >= 11 is 2.48. The Morgan fingerprint density at radius 1 is 1.17 bits per heavy atom. The largest absolute Gasteiger partial charge is 0.489 e. The molecular formula is C24H34INO3. The number of benzene rings is 1. The number of nitrogens with one attached hydrogen (secondary N) is 1. The zero-order chi connectivity index (χ0) is 20.8. The maximum absolute atomic E-state index is 11.6. The summed E-state index contributed by atoms with van der Waals surface area (Å²) < 4.78 is 13.0. The van der Waals surface area contributed by atoms with E-state index in [0.717, 1.165) is 43.8 Å². The Morgan fingerprint density at radius 3 is 2.52 bits per heavy atom. The van der Waals surface area contributed by atoms with Crippen LogP contribution in [-0.4, -0.2) is 24.3 Å². The molecule has 0 aromatic heterocycles. The fourth-order valence-corrected chi connectivity index (χ4v) is 6.31. The number of rotatable bonds is 3. The standard InChI is InChI=1S/C24H34INO3/c1-23(2,3)16-6-9-18(10-7-16)29-20-12-5-15-13-17(8-11-19(15)21(20)25)24(4)14-28-22(27)26-24/h5,12,16-18H,6-11,13-14H2,1-4H3,(H,26,27)/t16-,17-,18-,24-/m0/s1. The first-order chi connectivity index (χ1) is 13.7. The first kappa shape index (κ1) is 21.3. The Kier molecular flexibility index (Phi) is 5.82. The summed E-state index contributed by atoms with van der Waals surface area (Å²) in [4.78, 5) is 11.6. The average molecular weight is 511 g/mol. The van der Waals surface area contributed by atoms with Crippen LogP contribution < -0.4 is 10.1 Å². The number of cyclic esters (lactones) is 1. The molecule has 0 bridgehead atoms. The van der Waals surface area contributed by atoms with Gasteiger partial charge in [-0.05, 0) is 109 Å². The number of alkyl carbamates (subject to hydrolysis) is 1. The molecule has 1 aromatic rings. The zero-order valence-corrected chi connectivity index (χ0v) is 20.3. The van der Waals surface area contributed by atoms with E-state index in [1.807, 2.05) is 0 Å². The topological polar surface area (TPSA) is 47.6 Å². The lowest BCUT2D eigenvalue weighted by atomic mass is 9.72.